The van der Waals surface area contributed by atoms with E-state index in [-0.39, 0.29) is 117 Å². The Labute approximate surface area is 836 Å². The van der Waals surface area contributed by atoms with Crippen LogP contribution < -0.4 is 59.8 Å². The number of halogens is 1. The summed E-state index contributed by atoms with van der Waals surface area (Å²) >= 11 is 0. The van der Waals surface area contributed by atoms with E-state index in [1.54, 1.807) is 66.9 Å². The number of carboxylic acids is 2. The zero-order valence-corrected chi connectivity index (χ0v) is 89.3. The number of likely N-dealkylation sites (tertiary alicyclic amines) is 4. The average molecular weight is 2000 g/mol. The molecule has 13 fully saturated rings. The maximum absolute atomic E-state index is 13.6. The lowest BCUT2D eigenvalue weighted by Gasteiger charge is -2.38. The Morgan fingerprint density at radius 3 is 1.08 bits per heavy atom. The molecule has 25 N–H and O–H groups in total. The van der Waals surface area contributed by atoms with Crippen molar-refractivity contribution in [3.05, 3.63) is 0 Å². The number of aliphatic imine (C=N–C) groups is 1. The molecule has 0 aromatic carbocycles. The van der Waals surface area contributed by atoms with E-state index in [2.05, 4.69) is 97.2 Å². The first-order valence-electron chi connectivity index (χ1n) is 50.0. The summed E-state index contributed by atoms with van der Waals surface area (Å²) in [6.45, 7) is 59.4. The summed E-state index contributed by atoms with van der Waals surface area (Å²) < 4.78 is 0. The largest absolute Gasteiger partial charge is 0.480 e. The fourth-order valence-electron chi connectivity index (χ4n) is 22.8. The second-order valence-corrected chi connectivity index (χ2v) is 50.5. The highest BCUT2D eigenvalue weighted by molar-refractivity contribution is 6.47. The molecule has 0 aromatic rings. The second-order valence-electron chi connectivity index (χ2n) is 50.5. The van der Waals surface area contributed by atoms with E-state index in [4.69, 9.17) is 43.3 Å². The van der Waals surface area contributed by atoms with Crippen LogP contribution in [-0.2, 0) is 62.3 Å². The Kier molecular flexibility index (Phi) is 40.1. The molecular weight excluding hydrogens is 1820 g/mol. The van der Waals surface area contributed by atoms with Crippen molar-refractivity contribution in [3.8, 4) is 0 Å². The maximum Gasteiger partial charge on any atom is 0.374 e. The highest BCUT2D eigenvalue weighted by Crippen LogP contribution is 2.69. The molecule has 5 heterocycles. The number of fused-ring (bicyclic) bond motifs is 5. The number of amides is 9. The van der Waals surface area contributed by atoms with Crippen LogP contribution in [0.15, 0.2) is 4.99 Å². The van der Waals surface area contributed by atoms with Gasteiger partial charge >= 0.3 is 40.1 Å². The number of aliphatic hydroxyl groups is 4. The van der Waals surface area contributed by atoms with Gasteiger partial charge in [0.25, 0.3) is 5.91 Å². The van der Waals surface area contributed by atoms with Gasteiger partial charge in [-0.05, 0) is 178 Å². The third-order valence-electron chi connectivity index (χ3n) is 32.2. The van der Waals surface area contributed by atoms with Gasteiger partial charge in [-0.3, -0.25) is 52.7 Å². The lowest BCUT2D eigenvalue weighted by Crippen LogP contribution is -2.61. The number of isocyanates is 1. The van der Waals surface area contributed by atoms with Gasteiger partial charge in [0.1, 0.15) is 36.3 Å². The normalized spacial score (nSPS) is 28.9. The number of nitrogens with two attached hydrogens (primary N) is 4. The van der Waals surface area contributed by atoms with Gasteiger partial charge in [-0.1, -0.05) is 212 Å². The minimum absolute atomic E-state index is 0. The molecule has 0 spiro atoms. The van der Waals surface area contributed by atoms with E-state index in [0.717, 1.165) is 50.6 Å². The number of rotatable bonds is 33. The molecule has 9 amide bonds. The number of carbonyl (C=O) groups is 12. The van der Waals surface area contributed by atoms with Gasteiger partial charge in [0, 0.05) is 44.2 Å². The molecule has 39 nitrogen and oxygen atoms in total. The molecule has 5 saturated heterocycles. The lowest BCUT2D eigenvalue weighted by molar-refractivity contribution is -0.152. The van der Waals surface area contributed by atoms with Crippen LogP contribution in [0.3, 0.4) is 0 Å². The highest BCUT2D eigenvalue weighted by Gasteiger charge is 2.74. The monoisotopic (exact) mass is 2000 g/mol. The third-order valence-corrected chi connectivity index (χ3v) is 32.2. The second kappa shape index (κ2) is 46.1. The number of carbonyl (C=O) groups excluding carboxylic acids is 11. The molecule has 0 aromatic heterocycles. The molecule has 25 atom stereocenters. The van der Waals surface area contributed by atoms with Crippen molar-refractivity contribution in [2.24, 2.45) is 159 Å². The molecular formula is C96H173B4ClN16O23. The SMILES string of the molecule is CB(O)N[C@H](C(=O)N1C[C@H]2[C@@H]([C@H]1C(=O)NC(CC1CC1)C(O)C(N)=O)C2(C)C)C(C)(C)C.CB(O)N[C@H](C(=O)N1C[C@H]2[C@@H]([C@H]1C(=O)O)C2(C)C)C(C)(C)C.CB(O)N[C@H](C(=O)N1C[C@H]2[C@@H]([C@H]1CO)C2(C)C)C(C)(C)C.CB(O)N[C@H](C(=O)O)C(C)(C)C.CC(C)(C)[C@H](N=C=O)C(=O)N1C[C@H]2[C@@H]([C@H]1C(=O)NC(CC1CC1)C(=O)C(N)=O)C2(C)C.CC1(C)[C@@H]2[C@@H](CO)NC[C@@H]21.Cl.NC(=O)C(O)C(N)CC1CC1. The van der Waals surface area contributed by atoms with Gasteiger partial charge in [0.05, 0.1) is 49.5 Å². The molecule has 13 aliphatic rings. The fourth-order valence-corrected chi connectivity index (χ4v) is 22.8. The number of aliphatic hydroxyl groups excluding tert-OH is 4. The third kappa shape index (κ3) is 29.6. The number of hydrogen-bond donors (Lipinski definition) is 21. The summed E-state index contributed by atoms with van der Waals surface area (Å²) in [5.41, 5.74) is 19.2. The fraction of sp³-hybridized carbons (Fsp3) is 0.865. The lowest BCUT2D eigenvalue weighted by atomic mass is 9.78. The van der Waals surface area contributed by atoms with Crippen molar-refractivity contribution >= 4 is 118 Å². The van der Waals surface area contributed by atoms with Gasteiger partial charge in [0.2, 0.25) is 59.1 Å². The minimum atomic E-state index is -1.47. The van der Waals surface area contributed by atoms with Crippen LogP contribution in [-0.4, -0.2) is 312 Å². The first-order valence-corrected chi connectivity index (χ1v) is 50.0. The van der Waals surface area contributed by atoms with Gasteiger partial charge in [-0.2, -0.15) is 4.99 Å². The summed E-state index contributed by atoms with van der Waals surface area (Å²) in [7, 11) is -3.24. The van der Waals surface area contributed by atoms with Crippen LogP contribution >= 0.6 is 12.4 Å². The van der Waals surface area contributed by atoms with E-state index >= 15 is 0 Å². The Morgan fingerprint density at radius 2 is 0.771 bits per heavy atom. The van der Waals surface area contributed by atoms with E-state index in [1.165, 1.54) is 35.5 Å². The smallest absolute Gasteiger partial charge is 0.374 e. The van der Waals surface area contributed by atoms with Crippen molar-refractivity contribution in [1.82, 2.24) is 56.5 Å². The Balaban J connectivity index is 0.000000260. The van der Waals surface area contributed by atoms with E-state index in [1.807, 2.05) is 81.1 Å². The molecule has 8 saturated carbocycles. The number of ketones is 1. The molecule has 0 bridgehead atoms. The standard InChI is InChI=1S/C22H39BN4O5.C22H32N4O5.C15H27BN2O4.C15H29BN2O3.C8H15NO.C7H16BNO3.C7H14N2O2.ClH/c1-21(2,3)17(26-23(6)32)20(31)27-10-12-14(22(12,4)5)15(27)19(30)25-13(9-11-7-8-11)16(28)18(24)29;1-21(2,3)17(24-10-27)20(31)26-9-12-14(22(12,4)5)15(26)19(30)25-13(8-11-6-7-11)16(28)18(23)29;1-14(2,3)11(17-16(6)22)12(19)18-7-8-9(15(8,4)5)10(18)13(20)21;1-14(2,3)12(17-16(6)21)13(20)18-7-9-11(10(18)8-19)15(9,4)5;1-8(2)5-3-9-6(4-10)7(5)8;1-7(2,3)5(6(10)11)9-8(4)12;8-5(3-4-1-2-4)6(10)7(9)11;/h11-17,26,28,32H,7-10H2,1-6H3,(H2,24,29)(H,25,30);11-15,17H,6-9H2,1-5H3,(H2,23,29)(H,25,30);8-11,17,22H,7H2,1-6H3,(H,20,21);9-12,17,19,21H,7-8H2,1-6H3;5-7,9-10H,3-4H2,1-2H3;5,9,12H,1-4H3,(H,10,11);4-6,10H,1-3,8H2,(H2,9,11);1H/t12-,13?,14-,15-,16?,17+;12-,13?,14-,15-,17+;8-,9-,10-,11+;9-,10+,11-,12+;5-,6+,7-;5-;;/m000001../s1. The van der Waals surface area contributed by atoms with Crippen molar-refractivity contribution in [1.29, 1.82) is 0 Å². The van der Waals surface area contributed by atoms with Crippen LogP contribution in [0.2, 0.25) is 27.3 Å². The Hall–Kier alpha value is -6.79. The number of primary amides is 3. The van der Waals surface area contributed by atoms with Crippen molar-refractivity contribution in [2.75, 3.05) is 45.9 Å². The number of nitrogens with zero attached hydrogens (tertiary/aromatic N) is 5. The number of hydrogen-bond acceptors (Lipinski definition) is 28. The van der Waals surface area contributed by atoms with E-state index in [0.29, 0.717) is 80.6 Å². The van der Waals surface area contributed by atoms with Gasteiger partial charge in [-0.25, -0.2) is 9.59 Å². The molecule has 13 rings (SSSR count). The molecule has 0 radical (unpaired) electrons. The first kappa shape index (κ1) is 122. The van der Waals surface area contributed by atoms with Crippen LogP contribution in [0.1, 0.15) is 231 Å². The maximum atomic E-state index is 13.6. The first-order chi connectivity index (χ1) is 63.4. The van der Waals surface area contributed by atoms with Gasteiger partial charge in [0.15, 0.2) is 6.10 Å². The van der Waals surface area contributed by atoms with Crippen LogP contribution in [0, 0.1) is 131 Å². The summed E-state index contributed by atoms with van der Waals surface area (Å²) in [5.74, 6) is -2.75. The van der Waals surface area contributed by atoms with Crippen LogP contribution in [0.5, 0.6) is 0 Å². The summed E-state index contributed by atoms with van der Waals surface area (Å²) in [6, 6.07) is -7.58. The summed E-state index contributed by atoms with van der Waals surface area (Å²) in [6.07, 6.45) is 6.64. The van der Waals surface area contributed by atoms with E-state index < -0.39 is 176 Å². The number of piperidine rings is 5. The van der Waals surface area contributed by atoms with Crippen LogP contribution in [0.4, 0.5) is 0 Å². The zero-order valence-electron chi connectivity index (χ0n) is 88.5. The van der Waals surface area contributed by atoms with Crippen molar-refractivity contribution in [2.45, 2.75) is 349 Å². The topological polar surface area (TPSA) is 638 Å². The number of Topliss-reactive ketones (excluding diaryl/α,β-unsaturated/α-hetero) is 1. The Morgan fingerprint density at radius 1 is 0.443 bits per heavy atom. The molecule has 8 aliphatic carbocycles. The van der Waals surface area contributed by atoms with Crippen LogP contribution in [0.25, 0.3) is 0 Å². The van der Waals surface area contributed by atoms with E-state index in [9.17, 15) is 92.7 Å². The van der Waals surface area contributed by atoms with Crippen molar-refractivity contribution < 1.29 is 113 Å². The summed E-state index contributed by atoms with van der Waals surface area (Å²) in [5, 5.41) is 115. The number of aliphatic carboxylic acids is 2. The molecule has 44 heteroatoms. The molecule has 140 heavy (non-hydrogen) atoms. The predicted molar refractivity (Wildman–Crippen MR) is 535 cm³/mol. The highest BCUT2D eigenvalue weighted by atomic mass is 35.5. The number of nitrogens with one attached hydrogen (secondary N) is 7. The summed E-state index contributed by atoms with van der Waals surface area (Å²) in [4.78, 5) is 169. The minimum Gasteiger partial charge on any atom is -0.480 e. The van der Waals surface area contributed by atoms with Gasteiger partial charge < -0.3 is 130 Å². The van der Waals surface area contributed by atoms with Gasteiger partial charge in [-0.15, -0.1) is 12.4 Å². The quantitative estimate of drug-likeness (QED) is 0.0191. The average Bonchev–Trinajstić information content (AvgIpc) is 1.43. The van der Waals surface area contributed by atoms with Crippen molar-refractivity contribution in [3.63, 3.8) is 0 Å². The molecule has 5 aliphatic heterocycles. The zero-order chi connectivity index (χ0) is 106. The predicted octanol–water partition coefficient (Wildman–Crippen LogP) is 1.31. The molecule has 794 valence electrons. The number of carboxylic acid groups (broad SMARTS) is 2. The molecule has 5 unspecified atom stereocenters. The Bertz CT molecular complexity index is 4420.